The lowest BCUT2D eigenvalue weighted by Crippen LogP contribution is -1.91. The SMILES string of the molecule is Cc1cc(-c2nc(I)no2)ccc1[N+](=O)[O-]. The molecule has 0 saturated heterocycles. The summed E-state index contributed by atoms with van der Waals surface area (Å²) in [5.41, 5.74) is 1.33. The predicted molar refractivity (Wildman–Crippen MR) is 63.8 cm³/mol. The van der Waals surface area contributed by atoms with Crippen molar-refractivity contribution in [3.05, 3.63) is 37.7 Å². The summed E-state index contributed by atoms with van der Waals surface area (Å²) in [6.45, 7) is 1.67. The van der Waals surface area contributed by atoms with E-state index in [1.54, 1.807) is 19.1 Å². The van der Waals surface area contributed by atoms with Crippen molar-refractivity contribution < 1.29 is 9.45 Å². The Kier molecular flexibility index (Phi) is 2.86. The maximum Gasteiger partial charge on any atom is 0.272 e. The van der Waals surface area contributed by atoms with Crippen molar-refractivity contribution in [2.75, 3.05) is 0 Å². The third-order valence-electron chi connectivity index (χ3n) is 2.04. The summed E-state index contributed by atoms with van der Waals surface area (Å²) in [5.74, 6) is 0.363. The fourth-order valence-electron chi connectivity index (χ4n) is 1.32. The van der Waals surface area contributed by atoms with E-state index in [1.165, 1.54) is 6.07 Å². The molecular weight excluding hydrogens is 325 g/mol. The minimum absolute atomic E-state index is 0.0814. The van der Waals surface area contributed by atoms with Gasteiger partial charge in [0.05, 0.1) is 4.92 Å². The van der Waals surface area contributed by atoms with Crippen LogP contribution in [0.4, 0.5) is 5.69 Å². The number of nitrogens with zero attached hydrogens (tertiary/aromatic N) is 3. The smallest absolute Gasteiger partial charge is 0.272 e. The van der Waals surface area contributed by atoms with Gasteiger partial charge >= 0.3 is 0 Å². The van der Waals surface area contributed by atoms with Gasteiger partial charge in [-0.25, -0.2) is 0 Å². The van der Waals surface area contributed by atoms with Crippen molar-refractivity contribution in [1.82, 2.24) is 10.1 Å². The van der Waals surface area contributed by atoms with Gasteiger partial charge in [0.15, 0.2) is 0 Å². The van der Waals surface area contributed by atoms with E-state index in [1.807, 2.05) is 22.6 Å². The Morgan fingerprint density at radius 3 is 2.75 bits per heavy atom. The largest absolute Gasteiger partial charge is 0.333 e. The fraction of sp³-hybridized carbons (Fsp3) is 0.111. The lowest BCUT2D eigenvalue weighted by Gasteiger charge is -1.98. The molecule has 16 heavy (non-hydrogen) atoms. The number of rotatable bonds is 2. The monoisotopic (exact) mass is 331 g/mol. The second kappa shape index (κ2) is 4.16. The predicted octanol–water partition coefficient (Wildman–Crippen LogP) is 2.56. The third kappa shape index (κ3) is 2.03. The molecule has 0 bridgehead atoms. The quantitative estimate of drug-likeness (QED) is 0.480. The summed E-state index contributed by atoms with van der Waals surface area (Å²) in [6.07, 6.45) is 0. The molecule has 0 aliphatic rings. The highest BCUT2D eigenvalue weighted by molar-refractivity contribution is 14.1. The molecule has 82 valence electrons. The van der Waals surface area contributed by atoms with Gasteiger partial charge in [0.2, 0.25) is 3.83 Å². The van der Waals surface area contributed by atoms with Crippen molar-refractivity contribution in [3.8, 4) is 11.5 Å². The molecule has 2 rings (SSSR count). The molecule has 0 spiro atoms. The average molecular weight is 331 g/mol. The van der Waals surface area contributed by atoms with E-state index in [0.29, 0.717) is 20.8 Å². The molecule has 0 fully saturated rings. The van der Waals surface area contributed by atoms with E-state index in [2.05, 4.69) is 10.1 Å². The highest BCUT2D eigenvalue weighted by atomic mass is 127. The first-order chi connectivity index (χ1) is 7.58. The number of benzene rings is 1. The minimum Gasteiger partial charge on any atom is -0.333 e. The number of hydrogen-bond acceptors (Lipinski definition) is 5. The number of aryl methyl sites for hydroxylation is 1. The molecule has 0 aliphatic carbocycles. The second-order valence-corrected chi connectivity index (χ2v) is 4.09. The highest BCUT2D eigenvalue weighted by Gasteiger charge is 2.13. The van der Waals surface area contributed by atoms with Gasteiger partial charge in [-0.1, -0.05) is 5.16 Å². The van der Waals surface area contributed by atoms with E-state index < -0.39 is 4.92 Å². The number of nitro groups is 1. The Morgan fingerprint density at radius 1 is 1.50 bits per heavy atom. The first kappa shape index (κ1) is 11.0. The molecule has 0 N–H and O–H groups in total. The van der Waals surface area contributed by atoms with Crippen LogP contribution in [0.25, 0.3) is 11.5 Å². The van der Waals surface area contributed by atoms with Gasteiger partial charge in [0, 0.05) is 39.8 Å². The molecule has 2 aromatic rings. The normalized spacial score (nSPS) is 10.4. The second-order valence-electron chi connectivity index (χ2n) is 3.13. The maximum atomic E-state index is 10.6. The highest BCUT2D eigenvalue weighted by Crippen LogP contribution is 2.24. The molecule has 0 saturated carbocycles. The molecule has 0 radical (unpaired) electrons. The first-order valence-electron chi connectivity index (χ1n) is 4.32. The standard InChI is InChI=1S/C9H6IN3O3/c1-5-4-6(2-3-7(5)13(14)15)8-11-9(10)12-16-8/h2-4H,1H3. The molecule has 1 aromatic carbocycles. The zero-order valence-electron chi connectivity index (χ0n) is 8.18. The van der Waals surface area contributed by atoms with Crippen molar-refractivity contribution >= 4 is 28.3 Å². The number of nitro benzene ring substituents is 1. The maximum absolute atomic E-state index is 10.6. The summed E-state index contributed by atoms with van der Waals surface area (Å²) in [6, 6.07) is 4.68. The molecule has 0 amide bonds. The van der Waals surface area contributed by atoms with E-state index in [9.17, 15) is 10.1 Å². The van der Waals surface area contributed by atoms with Crippen LogP contribution < -0.4 is 0 Å². The average Bonchev–Trinajstić information content (AvgIpc) is 2.64. The van der Waals surface area contributed by atoms with Crippen LogP contribution in [-0.4, -0.2) is 15.1 Å². The Morgan fingerprint density at radius 2 is 2.25 bits per heavy atom. The van der Waals surface area contributed by atoms with Crippen LogP contribution in [0, 0.1) is 20.9 Å². The Balaban J connectivity index is 2.45. The minimum atomic E-state index is -0.420. The fourth-order valence-corrected chi connectivity index (χ4v) is 1.63. The molecular formula is C9H6IN3O3. The van der Waals surface area contributed by atoms with Crippen molar-refractivity contribution in [3.63, 3.8) is 0 Å². The summed E-state index contributed by atoms with van der Waals surface area (Å²) in [4.78, 5) is 14.2. The van der Waals surface area contributed by atoms with Gasteiger partial charge in [-0.15, -0.1) is 0 Å². The van der Waals surface area contributed by atoms with Crippen LogP contribution in [0.3, 0.4) is 0 Å². The van der Waals surface area contributed by atoms with E-state index >= 15 is 0 Å². The summed E-state index contributed by atoms with van der Waals surface area (Å²) in [7, 11) is 0. The van der Waals surface area contributed by atoms with Gasteiger partial charge in [-0.2, -0.15) is 4.98 Å². The molecule has 1 heterocycles. The van der Waals surface area contributed by atoms with Gasteiger partial charge in [0.1, 0.15) is 0 Å². The Labute approximate surface area is 104 Å². The van der Waals surface area contributed by atoms with Crippen molar-refractivity contribution in [1.29, 1.82) is 0 Å². The van der Waals surface area contributed by atoms with Gasteiger partial charge < -0.3 is 4.52 Å². The van der Waals surface area contributed by atoms with Crippen LogP contribution in [0.1, 0.15) is 5.56 Å². The summed E-state index contributed by atoms with van der Waals surface area (Å²) < 4.78 is 5.47. The lowest BCUT2D eigenvalue weighted by atomic mass is 10.1. The van der Waals surface area contributed by atoms with E-state index in [0.717, 1.165) is 0 Å². The first-order valence-corrected chi connectivity index (χ1v) is 5.40. The molecule has 6 nitrogen and oxygen atoms in total. The van der Waals surface area contributed by atoms with Gasteiger partial charge in [-0.05, 0) is 19.1 Å². The molecule has 0 aliphatic heterocycles. The zero-order valence-corrected chi connectivity index (χ0v) is 10.3. The van der Waals surface area contributed by atoms with Crippen LogP contribution in [0.5, 0.6) is 0 Å². The summed E-state index contributed by atoms with van der Waals surface area (Å²) in [5, 5.41) is 14.3. The molecule has 1 aromatic heterocycles. The number of aromatic nitrogens is 2. The number of halogens is 1. The van der Waals surface area contributed by atoms with Crippen LogP contribution in [-0.2, 0) is 0 Å². The van der Waals surface area contributed by atoms with Crippen molar-refractivity contribution in [2.45, 2.75) is 6.92 Å². The lowest BCUT2D eigenvalue weighted by molar-refractivity contribution is -0.385. The Hall–Kier alpha value is -1.51. The Bertz CT molecular complexity index is 553. The van der Waals surface area contributed by atoms with Gasteiger partial charge in [-0.3, -0.25) is 10.1 Å². The molecule has 0 unspecified atom stereocenters. The molecule has 7 heteroatoms. The van der Waals surface area contributed by atoms with E-state index in [4.69, 9.17) is 4.52 Å². The number of hydrogen-bond donors (Lipinski definition) is 0. The third-order valence-corrected chi connectivity index (χ3v) is 2.48. The van der Waals surface area contributed by atoms with Crippen LogP contribution >= 0.6 is 22.6 Å². The zero-order chi connectivity index (χ0) is 11.7. The van der Waals surface area contributed by atoms with Crippen LogP contribution in [0.15, 0.2) is 22.7 Å². The van der Waals surface area contributed by atoms with E-state index in [-0.39, 0.29) is 5.69 Å². The van der Waals surface area contributed by atoms with Crippen LogP contribution in [0.2, 0.25) is 0 Å². The topological polar surface area (TPSA) is 82.1 Å². The van der Waals surface area contributed by atoms with Gasteiger partial charge in [0.25, 0.3) is 11.6 Å². The summed E-state index contributed by atoms with van der Waals surface area (Å²) >= 11 is 1.93. The molecule has 0 atom stereocenters. The van der Waals surface area contributed by atoms with Crippen molar-refractivity contribution in [2.24, 2.45) is 0 Å².